The van der Waals surface area contributed by atoms with Gasteiger partial charge in [0.15, 0.2) is 0 Å². The SMILES string of the molecule is C#COC(=O)O[C@@]1(C)CC[C@H](I)C(C)(C)C1. The highest BCUT2D eigenvalue weighted by molar-refractivity contribution is 14.1. The summed E-state index contributed by atoms with van der Waals surface area (Å²) in [5, 5.41) is 0. The van der Waals surface area contributed by atoms with E-state index in [1.54, 1.807) is 0 Å². The fourth-order valence-corrected chi connectivity index (χ4v) is 2.87. The van der Waals surface area contributed by atoms with Crippen LogP contribution in [0.15, 0.2) is 0 Å². The molecule has 1 rings (SSSR count). The van der Waals surface area contributed by atoms with Gasteiger partial charge in [0, 0.05) is 3.92 Å². The molecule has 1 aliphatic carbocycles. The Labute approximate surface area is 110 Å². The summed E-state index contributed by atoms with van der Waals surface area (Å²) in [6.07, 6.45) is 8.65. The van der Waals surface area contributed by atoms with Crippen LogP contribution in [0, 0.1) is 17.9 Å². The Balaban J connectivity index is 2.66. The van der Waals surface area contributed by atoms with Crippen molar-refractivity contribution in [3.05, 3.63) is 0 Å². The summed E-state index contributed by atoms with van der Waals surface area (Å²) in [4.78, 5) is 11.2. The Morgan fingerprint density at radius 1 is 1.50 bits per heavy atom. The number of terminal acetylenes is 1. The normalized spacial score (nSPS) is 32.6. The zero-order chi connectivity index (χ0) is 12.4. The molecule has 0 aromatic rings. The fraction of sp³-hybridized carbons (Fsp3) is 0.750. The first-order chi connectivity index (χ1) is 7.29. The minimum atomic E-state index is -0.771. The Hall–Kier alpha value is -0.440. The zero-order valence-corrected chi connectivity index (χ0v) is 12.0. The third kappa shape index (κ3) is 3.27. The van der Waals surface area contributed by atoms with E-state index in [-0.39, 0.29) is 5.41 Å². The van der Waals surface area contributed by atoms with Crippen molar-refractivity contribution in [1.82, 2.24) is 0 Å². The predicted octanol–water partition coefficient (Wildman–Crippen LogP) is 3.50. The molecular weight excluding hydrogens is 319 g/mol. The van der Waals surface area contributed by atoms with Crippen LogP contribution in [-0.2, 0) is 9.47 Å². The lowest BCUT2D eigenvalue weighted by molar-refractivity contribution is -0.0537. The third-order valence-corrected chi connectivity index (χ3v) is 5.38. The standard InChI is InChI=1S/C12H17IO3/c1-5-15-10(14)16-12(4)7-6-9(13)11(2,3)8-12/h1,9H,6-8H2,2-4H3/t9-,12-/m0/s1. The van der Waals surface area contributed by atoms with E-state index < -0.39 is 11.8 Å². The van der Waals surface area contributed by atoms with Crippen LogP contribution in [0.1, 0.15) is 40.0 Å². The summed E-state index contributed by atoms with van der Waals surface area (Å²) >= 11 is 2.46. The minimum absolute atomic E-state index is 0.157. The third-order valence-electron chi connectivity index (χ3n) is 3.08. The molecule has 0 unspecified atom stereocenters. The number of ether oxygens (including phenoxy) is 2. The lowest BCUT2D eigenvalue weighted by atomic mass is 9.70. The van der Waals surface area contributed by atoms with Gasteiger partial charge in [0.05, 0.1) is 0 Å². The smallest absolute Gasteiger partial charge is 0.427 e. The van der Waals surface area contributed by atoms with Gasteiger partial charge in [0.25, 0.3) is 0 Å². The van der Waals surface area contributed by atoms with E-state index in [4.69, 9.17) is 11.2 Å². The first kappa shape index (κ1) is 13.6. The summed E-state index contributed by atoms with van der Waals surface area (Å²) in [5.41, 5.74) is -0.302. The molecule has 1 saturated carbocycles. The quantitative estimate of drug-likeness (QED) is 0.318. The average molecular weight is 336 g/mol. The van der Waals surface area contributed by atoms with Gasteiger partial charge in [0.2, 0.25) is 0 Å². The molecule has 16 heavy (non-hydrogen) atoms. The molecule has 0 aromatic carbocycles. The first-order valence-electron chi connectivity index (χ1n) is 5.29. The van der Waals surface area contributed by atoms with Crippen molar-refractivity contribution in [2.75, 3.05) is 0 Å². The number of alkyl halides is 1. The Morgan fingerprint density at radius 3 is 2.62 bits per heavy atom. The fourth-order valence-electron chi connectivity index (χ4n) is 2.34. The Morgan fingerprint density at radius 2 is 2.12 bits per heavy atom. The second-order valence-corrected chi connectivity index (χ2v) is 6.70. The van der Waals surface area contributed by atoms with Gasteiger partial charge in [-0.2, -0.15) is 0 Å². The van der Waals surface area contributed by atoms with E-state index in [0.29, 0.717) is 3.92 Å². The molecule has 3 nitrogen and oxygen atoms in total. The van der Waals surface area contributed by atoms with Gasteiger partial charge >= 0.3 is 6.16 Å². The van der Waals surface area contributed by atoms with Crippen molar-refractivity contribution >= 4 is 28.7 Å². The van der Waals surface area contributed by atoms with Crippen molar-refractivity contribution in [3.63, 3.8) is 0 Å². The topological polar surface area (TPSA) is 35.5 Å². The largest absolute Gasteiger partial charge is 0.523 e. The predicted molar refractivity (Wildman–Crippen MR) is 70.2 cm³/mol. The lowest BCUT2D eigenvalue weighted by Crippen LogP contribution is -2.45. The summed E-state index contributed by atoms with van der Waals surface area (Å²) in [6, 6.07) is 0. The molecule has 0 aliphatic heterocycles. The molecule has 0 saturated heterocycles. The minimum Gasteiger partial charge on any atom is -0.427 e. The number of carbonyl (C=O) groups is 1. The van der Waals surface area contributed by atoms with Crippen molar-refractivity contribution < 1.29 is 14.3 Å². The van der Waals surface area contributed by atoms with E-state index in [2.05, 4.69) is 41.2 Å². The molecule has 0 aromatic heterocycles. The molecular formula is C12H17IO3. The van der Waals surface area contributed by atoms with E-state index >= 15 is 0 Å². The Bertz CT molecular complexity index is 319. The zero-order valence-electron chi connectivity index (χ0n) is 9.88. The summed E-state index contributed by atoms with van der Waals surface area (Å²) in [5.74, 6) is 0. The second kappa shape index (κ2) is 4.82. The number of hydrogen-bond acceptors (Lipinski definition) is 3. The number of carbonyl (C=O) groups excluding carboxylic acids is 1. The molecule has 0 amide bonds. The summed E-state index contributed by atoms with van der Waals surface area (Å²) in [6.45, 7) is 6.32. The molecule has 0 bridgehead atoms. The molecule has 1 fully saturated rings. The van der Waals surface area contributed by atoms with E-state index in [9.17, 15) is 4.79 Å². The van der Waals surface area contributed by atoms with E-state index in [1.165, 1.54) is 0 Å². The molecule has 0 spiro atoms. The number of rotatable bonds is 1. The maximum absolute atomic E-state index is 11.2. The highest BCUT2D eigenvalue weighted by Gasteiger charge is 2.44. The van der Waals surface area contributed by atoms with Gasteiger partial charge in [-0.05, 0) is 31.6 Å². The molecule has 0 heterocycles. The van der Waals surface area contributed by atoms with Crippen LogP contribution < -0.4 is 0 Å². The van der Waals surface area contributed by atoms with Crippen LogP contribution in [0.2, 0.25) is 0 Å². The van der Waals surface area contributed by atoms with Gasteiger partial charge in [0.1, 0.15) is 11.7 Å². The molecule has 90 valence electrons. The highest BCUT2D eigenvalue weighted by atomic mass is 127. The van der Waals surface area contributed by atoms with Crippen molar-refractivity contribution in [3.8, 4) is 12.5 Å². The van der Waals surface area contributed by atoms with Gasteiger partial charge in [-0.15, -0.1) is 0 Å². The van der Waals surface area contributed by atoms with Crippen molar-refractivity contribution in [2.45, 2.75) is 49.6 Å². The van der Waals surface area contributed by atoms with Crippen molar-refractivity contribution in [1.29, 1.82) is 0 Å². The summed E-state index contributed by atoms with van der Waals surface area (Å²) in [7, 11) is 0. The van der Waals surface area contributed by atoms with Gasteiger partial charge in [-0.25, -0.2) is 4.79 Å². The van der Waals surface area contributed by atoms with Gasteiger partial charge in [-0.1, -0.05) is 42.9 Å². The van der Waals surface area contributed by atoms with Crippen LogP contribution in [0.25, 0.3) is 0 Å². The Kier molecular flexibility index (Phi) is 4.11. The van der Waals surface area contributed by atoms with Crippen LogP contribution in [-0.4, -0.2) is 15.7 Å². The van der Waals surface area contributed by atoms with E-state index in [1.807, 2.05) is 13.0 Å². The average Bonchev–Trinajstić information content (AvgIpc) is 2.11. The number of hydrogen-bond donors (Lipinski definition) is 0. The van der Waals surface area contributed by atoms with Crippen LogP contribution in [0.3, 0.4) is 0 Å². The second-order valence-electron chi connectivity index (χ2n) is 5.19. The maximum atomic E-state index is 11.2. The molecule has 1 aliphatic rings. The van der Waals surface area contributed by atoms with Crippen LogP contribution in [0.5, 0.6) is 0 Å². The molecule has 2 atom stereocenters. The van der Waals surface area contributed by atoms with Crippen LogP contribution in [0.4, 0.5) is 4.79 Å². The molecule has 4 heteroatoms. The summed E-state index contributed by atoms with van der Waals surface area (Å²) < 4.78 is 10.3. The van der Waals surface area contributed by atoms with E-state index in [0.717, 1.165) is 19.3 Å². The number of halogens is 1. The lowest BCUT2D eigenvalue weighted by Gasteiger charge is -2.44. The highest BCUT2D eigenvalue weighted by Crippen LogP contribution is 2.46. The first-order valence-corrected chi connectivity index (χ1v) is 6.53. The maximum Gasteiger partial charge on any atom is 0.523 e. The van der Waals surface area contributed by atoms with Gasteiger partial charge in [-0.3, -0.25) is 0 Å². The molecule has 0 N–H and O–H groups in total. The molecule has 0 radical (unpaired) electrons. The van der Waals surface area contributed by atoms with Crippen molar-refractivity contribution in [2.24, 2.45) is 5.41 Å². The monoisotopic (exact) mass is 336 g/mol. The van der Waals surface area contributed by atoms with Crippen LogP contribution >= 0.6 is 22.6 Å². The van der Waals surface area contributed by atoms with Gasteiger partial charge < -0.3 is 9.47 Å².